The fraction of sp³-hybridized carbons (Fsp3) is 0.524. The summed E-state index contributed by atoms with van der Waals surface area (Å²) in [6.45, 7) is 12.4. The summed E-state index contributed by atoms with van der Waals surface area (Å²) < 4.78 is 5.37. The number of benzene rings is 1. The third kappa shape index (κ3) is 4.45. The molecule has 1 saturated heterocycles. The summed E-state index contributed by atoms with van der Waals surface area (Å²) in [4.78, 5) is 30.5. The first-order valence-electron chi connectivity index (χ1n) is 9.53. The number of carbonyl (C=O) groups is 2. The van der Waals surface area contributed by atoms with E-state index in [0.29, 0.717) is 36.8 Å². The lowest BCUT2D eigenvalue weighted by molar-refractivity contribution is -0.136. The van der Waals surface area contributed by atoms with E-state index in [1.54, 1.807) is 0 Å². The van der Waals surface area contributed by atoms with E-state index < -0.39 is 0 Å². The van der Waals surface area contributed by atoms with Crippen molar-refractivity contribution < 1.29 is 14.3 Å². The minimum Gasteiger partial charge on any atom is -0.379 e. The number of rotatable bonds is 6. The van der Waals surface area contributed by atoms with Gasteiger partial charge in [-0.1, -0.05) is 37.6 Å². The lowest BCUT2D eigenvalue weighted by atomic mass is 9.99. The van der Waals surface area contributed by atoms with Crippen molar-refractivity contribution in [3.63, 3.8) is 0 Å². The molecule has 3 rings (SSSR count). The van der Waals surface area contributed by atoms with Crippen molar-refractivity contribution in [1.82, 2.24) is 9.80 Å². The monoisotopic (exact) mass is 388 g/mol. The van der Waals surface area contributed by atoms with Gasteiger partial charge in [0.2, 0.25) is 0 Å². The number of hydrogen-bond acceptors (Lipinski definition) is 5. The van der Waals surface area contributed by atoms with Gasteiger partial charge in [0.25, 0.3) is 11.8 Å². The van der Waals surface area contributed by atoms with Crippen LogP contribution in [0.4, 0.5) is 0 Å². The number of aryl methyl sites for hydroxylation is 2. The van der Waals surface area contributed by atoms with E-state index in [1.807, 2.05) is 39.8 Å². The highest BCUT2D eigenvalue weighted by atomic mass is 32.2. The second kappa shape index (κ2) is 8.59. The van der Waals surface area contributed by atoms with Crippen molar-refractivity contribution >= 4 is 29.1 Å². The van der Waals surface area contributed by atoms with Crippen LogP contribution in [0.25, 0.3) is 5.57 Å². The molecule has 2 heterocycles. The van der Waals surface area contributed by atoms with E-state index >= 15 is 0 Å². The van der Waals surface area contributed by atoms with E-state index in [1.165, 1.54) is 16.7 Å². The molecule has 0 saturated carbocycles. The van der Waals surface area contributed by atoms with Crippen LogP contribution in [0.1, 0.15) is 30.5 Å². The van der Waals surface area contributed by atoms with Crippen LogP contribution < -0.4 is 0 Å². The van der Waals surface area contributed by atoms with E-state index in [4.69, 9.17) is 4.74 Å². The number of hydrogen-bond donors (Lipinski definition) is 0. The van der Waals surface area contributed by atoms with Crippen LogP contribution in [0.3, 0.4) is 0 Å². The van der Waals surface area contributed by atoms with Crippen LogP contribution in [0.2, 0.25) is 0 Å². The van der Waals surface area contributed by atoms with E-state index in [0.717, 1.165) is 29.8 Å². The summed E-state index contributed by atoms with van der Waals surface area (Å²) in [5.41, 5.74) is 3.62. The highest BCUT2D eigenvalue weighted by molar-refractivity contribution is 8.04. The Labute approximate surface area is 165 Å². The van der Waals surface area contributed by atoms with E-state index in [2.05, 4.69) is 11.0 Å². The van der Waals surface area contributed by atoms with Gasteiger partial charge in [0.1, 0.15) is 0 Å². The minimum atomic E-state index is -0.164. The third-order valence-electron chi connectivity index (χ3n) is 4.87. The van der Waals surface area contributed by atoms with Gasteiger partial charge in [0.05, 0.1) is 23.7 Å². The first-order valence-corrected chi connectivity index (χ1v) is 10.4. The zero-order valence-electron chi connectivity index (χ0n) is 16.6. The molecule has 0 atom stereocenters. The first kappa shape index (κ1) is 20.1. The summed E-state index contributed by atoms with van der Waals surface area (Å²) in [5, 5.41) is 0.233. The molecule has 0 radical (unpaired) electrons. The zero-order chi connectivity index (χ0) is 19.6. The summed E-state index contributed by atoms with van der Waals surface area (Å²) in [7, 11) is 0. The van der Waals surface area contributed by atoms with Crippen LogP contribution in [-0.2, 0) is 14.3 Å². The molecular formula is C21H28N2O3S. The number of morpholine rings is 1. The highest BCUT2D eigenvalue weighted by Crippen LogP contribution is 2.38. The summed E-state index contributed by atoms with van der Waals surface area (Å²) in [6, 6.07) is 6.03. The normalized spacial score (nSPS) is 18.9. The Morgan fingerprint density at radius 3 is 2.41 bits per heavy atom. The SMILES string of the molecule is Cc1ccc(C2=C(SC(C)C)C(=O)N(CCN3CCOCC3)C2=O)c(C)c1. The van der Waals surface area contributed by atoms with Crippen LogP contribution in [0.15, 0.2) is 23.1 Å². The van der Waals surface area contributed by atoms with Crippen LogP contribution in [0, 0.1) is 13.8 Å². The van der Waals surface area contributed by atoms with Gasteiger partial charge in [0, 0.05) is 31.4 Å². The molecule has 2 aliphatic heterocycles. The average molecular weight is 389 g/mol. The summed E-state index contributed by atoms with van der Waals surface area (Å²) >= 11 is 1.49. The minimum absolute atomic E-state index is 0.151. The van der Waals surface area contributed by atoms with Gasteiger partial charge in [-0.3, -0.25) is 19.4 Å². The Morgan fingerprint density at radius 1 is 1.07 bits per heavy atom. The maximum absolute atomic E-state index is 13.2. The number of ether oxygens (including phenoxy) is 1. The largest absolute Gasteiger partial charge is 0.379 e. The fourth-order valence-corrected chi connectivity index (χ4v) is 4.50. The van der Waals surface area contributed by atoms with Gasteiger partial charge in [-0.15, -0.1) is 11.8 Å². The molecule has 2 aliphatic rings. The first-order chi connectivity index (χ1) is 12.9. The molecular weight excluding hydrogens is 360 g/mol. The van der Waals surface area contributed by atoms with Crippen molar-refractivity contribution in [2.24, 2.45) is 0 Å². The second-order valence-corrected chi connectivity index (χ2v) is 8.99. The van der Waals surface area contributed by atoms with Crippen molar-refractivity contribution in [1.29, 1.82) is 0 Å². The molecule has 0 aliphatic carbocycles. The summed E-state index contributed by atoms with van der Waals surface area (Å²) in [5.74, 6) is -0.315. The number of thioether (sulfide) groups is 1. The third-order valence-corrected chi connectivity index (χ3v) is 5.96. The Bertz CT molecular complexity index is 767. The molecule has 0 aromatic heterocycles. The van der Waals surface area contributed by atoms with Crippen LogP contribution in [-0.4, -0.2) is 66.3 Å². The predicted molar refractivity (Wildman–Crippen MR) is 110 cm³/mol. The van der Waals surface area contributed by atoms with Gasteiger partial charge >= 0.3 is 0 Å². The highest BCUT2D eigenvalue weighted by Gasteiger charge is 2.39. The predicted octanol–water partition coefficient (Wildman–Crippen LogP) is 2.86. The molecule has 27 heavy (non-hydrogen) atoms. The Kier molecular flexibility index (Phi) is 6.40. The Morgan fingerprint density at radius 2 is 1.78 bits per heavy atom. The standard InChI is InChI=1S/C21H28N2O3S/c1-14(2)27-19-18(17-6-5-15(3)13-16(17)4)20(24)23(21(19)25)8-7-22-9-11-26-12-10-22/h5-6,13-14H,7-12H2,1-4H3. The van der Waals surface area contributed by atoms with Crippen molar-refractivity contribution in [2.75, 3.05) is 39.4 Å². The molecule has 1 fully saturated rings. The zero-order valence-corrected chi connectivity index (χ0v) is 17.4. The molecule has 0 spiro atoms. The molecule has 0 N–H and O–H groups in total. The fourth-order valence-electron chi connectivity index (χ4n) is 3.50. The lowest BCUT2D eigenvalue weighted by Gasteiger charge is -2.28. The van der Waals surface area contributed by atoms with Crippen molar-refractivity contribution in [3.8, 4) is 0 Å². The quantitative estimate of drug-likeness (QED) is 0.702. The Hall–Kier alpha value is -1.63. The van der Waals surface area contributed by atoms with Crippen LogP contribution >= 0.6 is 11.8 Å². The molecule has 5 nitrogen and oxygen atoms in total. The molecule has 0 unspecified atom stereocenters. The molecule has 0 bridgehead atoms. The molecule has 2 amide bonds. The average Bonchev–Trinajstić information content (AvgIpc) is 2.84. The maximum atomic E-state index is 13.2. The molecule has 1 aromatic rings. The van der Waals surface area contributed by atoms with Gasteiger partial charge in [-0.2, -0.15) is 0 Å². The van der Waals surface area contributed by atoms with Crippen molar-refractivity contribution in [2.45, 2.75) is 32.9 Å². The lowest BCUT2D eigenvalue weighted by Crippen LogP contribution is -2.43. The number of carbonyl (C=O) groups excluding carboxylic acids is 2. The smallest absolute Gasteiger partial charge is 0.268 e. The van der Waals surface area contributed by atoms with Gasteiger partial charge < -0.3 is 4.74 Å². The second-order valence-electron chi connectivity index (χ2n) is 7.41. The van der Waals surface area contributed by atoms with Gasteiger partial charge in [0.15, 0.2) is 0 Å². The molecule has 146 valence electrons. The Balaban J connectivity index is 1.86. The van der Waals surface area contributed by atoms with Crippen LogP contribution in [0.5, 0.6) is 0 Å². The molecule has 1 aromatic carbocycles. The number of nitrogens with zero attached hydrogens (tertiary/aromatic N) is 2. The maximum Gasteiger partial charge on any atom is 0.268 e. The topological polar surface area (TPSA) is 49.9 Å². The summed E-state index contributed by atoms with van der Waals surface area (Å²) in [6.07, 6.45) is 0. The van der Waals surface area contributed by atoms with Crippen molar-refractivity contribution in [3.05, 3.63) is 39.8 Å². The van der Waals surface area contributed by atoms with Gasteiger partial charge in [-0.25, -0.2) is 0 Å². The van der Waals surface area contributed by atoms with Gasteiger partial charge in [-0.05, 0) is 25.0 Å². The molecule has 6 heteroatoms. The number of imide groups is 1. The number of amides is 2. The van der Waals surface area contributed by atoms with E-state index in [-0.39, 0.29) is 17.1 Å². The van der Waals surface area contributed by atoms with E-state index in [9.17, 15) is 9.59 Å².